The van der Waals surface area contributed by atoms with Crippen molar-refractivity contribution < 1.29 is 9.59 Å². The highest BCUT2D eigenvalue weighted by Gasteiger charge is 2.31. The van der Waals surface area contributed by atoms with E-state index >= 15 is 0 Å². The lowest BCUT2D eigenvalue weighted by Crippen LogP contribution is -2.34. The molecule has 1 aromatic carbocycles. The lowest BCUT2D eigenvalue weighted by Gasteiger charge is -2.17. The highest BCUT2D eigenvalue weighted by Crippen LogP contribution is 2.30. The van der Waals surface area contributed by atoms with Crippen molar-refractivity contribution in [1.29, 1.82) is 0 Å². The molecule has 2 atom stereocenters. The summed E-state index contributed by atoms with van der Waals surface area (Å²) in [6.07, 6.45) is 3.04. The molecule has 1 saturated carbocycles. The second-order valence-corrected chi connectivity index (χ2v) is 5.81. The van der Waals surface area contributed by atoms with Crippen LogP contribution in [-0.2, 0) is 11.3 Å². The molecule has 5 nitrogen and oxygen atoms in total. The molecule has 0 aromatic heterocycles. The van der Waals surface area contributed by atoms with Gasteiger partial charge >= 0.3 is 0 Å². The van der Waals surface area contributed by atoms with Crippen molar-refractivity contribution in [1.82, 2.24) is 10.6 Å². The fourth-order valence-electron chi connectivity index (χ4n) is 3.07. The van der Waals surface area contributed by atoms with E-state index in [1.54, 1.807) is 6.07 Å². The second kappa shape index (κ2) is 9.53. The molecular weight excluding hydrogens is 314 g/mol. The number of nitrogens with two attached hydrogens (primary N) is 1. The molecule has 128 valence electrons. The molecule has 0 aliphatic heterocycles. The van der Waals surface area contributed by atoms with Gasteiger partial charge in [0.25, 0.3) is 5.91 Å². The lowest BCUT2D eigenvalue weighted by molar-refractivity contribution is -0.126. The van der Waals surface area contributed by atoms with Crippen molar-refractivity contribution in [2.75, 3.05) is 13.1 Å². The van der Waals surface area contributed by atoms with Crippen LogP contribution in [0.2, 0.25) is 0 Å². The Morgan fingerprint density at radius 2 is 2.04 bits per heavy atom. The third kappa shape index (κ3) is 5.22. The number of amides is 2. The molecule has 1 fully saturated rings. The summed E-state index contributed by atoms with van der Waals surface area (Å²) in [6, 6.07) is 7.35. The largest absolute Gasteiger partial charge is 0.352 e. The maximum Gasteiger partial charge on any atom is 0.251 e. The molecular formula is C17H26ClN3O2. The number of rotatable bonds is 6. The molecule has 2 rings (SSSR count). The predicted molar refractivity (Wildman–Crippen MR) is 93.4 cm³/mol. The first-order chi connectivity index (χ1) is 10.7. The van der Waals surface area contributed by atoms with Crippen molar-refractivity contribution in [3.05, 3.63) is 35.4 Å². The van der Waals surface area contributed by atoms with Crippen molar-refractivity contribution in [2.45, 2.75) is 32.7 Å². The van der Waals surface area contributed by atoms with Crippen molar-refractivity contribution in [3.8, 4) is 0 Å². The van der Waals surface area contributed by atoms with E-state index in [9.17, 15) is 9.59 Å². The van der Waals surface area contributed by atoms with Crippen LogP contribution in [0.4, 0.5) is 0 Å². The van der Waals surface area contributed by atoms with Gasteiger partial charge in [0, 0.05) is 24.6 Å². The van der Waals surface area contributed by atoms with Crippen LogP contribution in [0.1, 0.15) is 42.1 Å². The smallest absolute Gasteiger partial charge is 0.251 e. The minimum Gasteiger partial charge on any atom is -0.352 e. The van der Waals surface area contributed by atoms with Crippen LogP contribution in [0.15, 0.2) is 24.3 Å². The van der Waals surface area contributed by atoms with E-state index in [2.05, 4.69) is 10.6 Å². The molecule has 23 heavy (non-hydrogen) atoms. The third-order valence-electron chi connectivity index (χ3n) is 4.29. The van der Waals surface area contributed by atoms with E-state index in [4.69, 9.17) is 5.73 Å². The number of hydrogen-bond donors (Lipinski definition) is 3. The molecule has 1 aliphatic carbocycles. The van der Waals surface area contributed by atoms with Gasteiger partial charge in [0.2, 0.25) is 5.91 Å². The van der Waals surface area contributed by atoms with Crippen molar-refractivity contribution in [3.63, 3.8) is 0 Å². The van der Waals surface area contributed by atoms with Gasteiger partial charge in [-0.2, -0.15) is 0 Å². The first-order valence-corrected chi connectivity index (χ1v) is 8.00. The maximum atomic E-state index is 12.3. The number of halogens is 1. The maximum absolute atomic E-state index is 12.3. The van der Waals surface area contributed by atoms with Gasteiger partial charge in [-0.15, -0.1) is 12.4 Å². The quantitative estimate of drug-likeness (QED) is 0.739. The normalized spacial score (nSPS) is 19.7. The summed E-state index contributed by atoms with van der Waals surface area (Å²) in [5.74, 6) is 0.337. The molecule has 1 aliphatic rings. The molecule has 0 unspecified atom stereocenters. The van der Waals surface area contributed by atoms with Crippen LogP contribution in [0.3, 0.4) is 0 Å². The Balaban J connectivity index is 0.00000264. The lowest BCUT2D eigenvalue weighted by atomic mass is 9.95. The standard InChI is InChI=1S/C17H25N3O2.ClH/c1-2-19-16(21)13-6-3-5-12(9-13)11-20-17(22)15-8-4-7-14(15)10-18;/h3,5-6,9,14-15H,2,4,7-8,10-11,18H2,1H3,(H,19,21)(H,20,22);1H/t14-,15-;/m1./s1. The highest BCUT2D eigenvalue weighted by atomic mass is 35.5. The summed E-state index contributed by atoms with van der Waals surface area (Å²) in [7, 11) is 0. The van der Waals surface area contributed by atoms with Gasteiger partial charge in [-0.1, -0.05) is 18.6 Å². The van der Waals surface area contributed by atoms with Crippen LogP contribution < -0.4 is 16.4 Å². The van der Waals surface area contributed by atoms with Gasteiger partial charge in [0.15, 0.2) is 0 Å². The van der Waals surface area contributed by atoms with E-state index in [1.165, 1.54) is 0 Å². The Kier molecular flexibility index (Phi) is 8.06. The van der Waals surface area contributed by atoms with Gasteiger partial charge in [0.05, 0.1) is 0 Å². The van der Waals surface area contributed by atoms with Crippen LogP contribution in [-0.4, -0.2) is 24.9 Å². The summed E-state index contributed by atoms with van der Waals surface area (Å²) in [5, 5.41) is 5.75. The fraction of sp³-hybridized carbons (Fsp3) is 0.529. The molecule has 6 heteroatoms. The Labute approximate surface area is 143 Å². The molecule has 0 bridgehead atoms. The predicted octanol–water partition coefficient (Wildman–Crippen LogP) is 1.85. The van der Waals surface area contributed by atoms with Gasteiger partial charge in [0.1, 0.15) is 0 Å². The Hall–Kier alpha value is -1.59. The summed E-state index contributed by atoms with van der Waals surface area (Å²) < 4.78 is 0. The third-order valence-corrected chi connectivity index (χ3v) is 4.29. The highest BCUT2D eigenvalue weighted by molar-refractivity contribution is 5.94. The number of hydrogen-bond acceptors (Lipinski definition) is 3. The number of carbonyl (C=O) groups is 2. The van der Waals surface area contributed by atoms with E-state index in [-0.39, 0.29) is 30.1 Å². The molecule has 2 amide bonds. The first-order valence-electron chi connectivity index (χ1n) is 8.00. The zero-order valence-electron chi connectivity index (χ0n) is 13.5. The Morgan fingerprint density at radius 3 is 2.74 bits per heavy atom. The van der Waals surface area contributed by atoms with E-state index in [0.717, 1.165) is 24.8 Å². The van der Waals surface area contributed by atoms with Gasteiger partial charge in [-0.3, -0.25) is 9.59 Å². The summed E-state index contributed by atoms with van der Waals surface area (Å²) >= 11 is 0. The van der Waals surface area contributed by atoms with Crippen molar-refractivity contribution in [2.24, 2.45) is 17.6 Å². The van der Waals surface area contributed by atoms with Crippen LogP contribution in [0, 0.1) is 11.8 Å². The van der Waals surface area contributed by atoms with Gasteiger partial charge in [-0.05, 0) is 49.9 Å². The minimum atomic E-state index is -0.0883. The van der Waals surface area contributed by atoms with E-state index in [0.29, 0.717) is 31.1 Å². The average molecular weight is 340 g/mol. The zero-order chi connectivity index (χ0) is 15.9. The number of nitrogens with one attached hydrogen (secondary N) is 2. The molecule has 1 aromatic rings. The van der Waals surface area contributed by atoms with Crippen LogP contribution in [0.5, 0.6) is 0 Å². The summed E-state index contributed by atoms with van der Waals surface area (Å²) in [5.41, 5.74) is 7.28. The number of benzene rings is 1. The molecule has 0 heterocycles. The van der Waals surface area contributed by atoms with Gasteiger partial charge in [-0.25, -0.2) is 0 Å². The van der Waals surface area contributed by atoms with Crippen LogP contribution in [0.25, 0.3) is 0 Å². The molecule has 0 radical (unpaired) electrons. The Morgan fingerprint density at radius 1 is 1.26 bits per heavy atom. The monoisotopic (exact) mass is 339 g/mol. The van der Waals surface area contributed by atoms with Crippen LogP contribution >= 0.6 is 12.4 Å². The van der Waals surface area contributed by atoms with E-state index in [1.807, 2.05) is 25.1 Å². The zero-order valence-corrected chi connectivity index (χ0v) is 14.3. The summed E-state index contributed by atoms with van der Waals surface area (Å²) in [6.45, 7) is 3.50. The van der Waals surface area contributed by atoms with Gasteiger partial charge < -0.3 is 16.4 Å². The fourth-order valence-corrected chi connectivity index (χ4v) is 3.07. The molecule has 4 N–H and O–H groups in total. The Bertz CT molecular complexity index is 536. The topological polar surface area (TPSA) is 84.2 Å². The average Bonchev–Trinajstić information content (AvgIpc) is 3.02. The molecule has 0 spiro atoms. The number of carbonyl (C=O) groups excluding carboxylic acids is 2. The van der Waals surface area contributed by atoms with E-state index < -0.39 is 0 Å². The SMILES string of the molecule is CCNC(=O)c1cccc(CNC(=O)[C@@H]2CCC[C@@H]2CN)c1.Cl. The molecule has 0 saturated heterocycles. The second-order valence-electron chi connectivity index (χ2n) is 5.81. The van der Waals surface area contributed by atoms with Crippen molar-refractivity contribution >= 4 is 24.2 Å². The first kappa shape index (κ1) is 19.5. The summed E-state index contributed by atoms with van der Waals surface area (Å²) in [4.78, 5) is 24.1. The minimum absolute atomic E-state index is 0.